The second kappa shape index (κ2) is 9.33. The summed E-state index contributed by atoms with van der Waals surface area (Å²) in [6, 6.07) is 15.8. The van der Waals surface area contributed by atoms with Crippen LogP contribution < -0.4 is 4.90 Å². The molecule has 0 unspecified atom stereocenters. The molecule has 2 aromatic carbocycles. The minimum atomic E-state index is -0.631. The smallest absolute Gasteiger partial charge is 0.355 e. The van der Waals surface area contributed by atoms with Gasteiger partial charge in [-0.1, -0.05) is 42.0 Å². The van der Waals surface area contributed by atoms with E-state index in [-0.39, 0.29) is 24.6 Å². The summed E-state index contributed by atoms with van der Waals surface area (Å²) >= 11 is 1.54. The fourth-order valence-corrected chi connectivity index (χ4v) is 4.24. The molecule has 0 N–H and O–H groups in total. The van der Waals surface area contributed by atoms with Gasteiger partial charge in [0, 0.05) is 22.2 Å². The van der Waals surface area contributed by atoms with Crippen molar-refractivity contribution in [2.45, 2.75) is 6.92 Å². The molecule has 4 rings (SSSR count). The molecule has 7 nitrogen and oxygen atoms in total. The van der Waals surface area contributed by atoms with Crippen molar-refractivity contribution < 1.29 is 23.8 Å². The van der Waals surface area contributed by atoms with Crippen LogP contribution in [-0.4, -0.2) is 44.5 Å². The van der Waals surface area contributed by atoms with Gasteiger partial charge in [0.05, 0.1) is 32.1 Å². The van der Waals surface area contributed by atoms with Gasteiger partial charge in [-0.25, -0.2) is 14.6 Å². The van der Waals surface area contributed by atoms with Gasteiger partial charge >= 0.3 is 11.9 Å². The maximum atomic E-state index is 12.5. The molecule has 0 radical (unpaired) electrons. The Kier molecular flexibility index (Phi) is 6.34. The Morgan fingerprint density at radius 2 is 1.78 bits per heavy atom. The molecule has 1 aromatic heterocycles. The molecule has 0 aliphatic carbocycles. The highest BCUT2D eigenvalue weighted by atomic mass is 32.1. The fraction of sp³-hybridized carbons (Fsp3) is 0.208. The number of nitrogens with zero attached hydrogens (tertiary/aromatic N) is 2. The standard InChI is InChI=1S/C24H22N2O5S/c1-15-7-9-16(10-8-15)20-13-32-22(25-20)17-5-4-6-18(11-17)26-14-31-12-19(23(27)29-2)21(26)24(28)30-3/h4-11,13H,12,14H2,1-3H3. The van der Waals surface area contributed by atoms with Crippen molar-refractivity contribution >= 4 is 29.0 Å². The quantitative estimate of drug-likeness (QED) is 0.540. The van der Waals surface area contributed by atoms with Crippen molar-refractivity contribution in [1.29, 1.82) is 0 Å². The highest BCUT2D eigenvalue weighted by Crippen LogP contribution is 2.33. The summed E-state index contributed by atoms with van der Waals surface area (Å²) in [5.41, 5.74) is 4.95. The Labute approximate surface area is 189 Å². The van der Waals surface area contributed by atoms with E-state index in [1.165, 1.54) is 31.1 Å². The van der Waals surface area contributed by atoms with Gasteiger partial charge in [-0.05, 0) is 19.1 Å². The normalized spacial score (nSPS) is 13.8. The van der Waals surface area contributed by atoms with Crippen LogP contribution in [0.2, 0.25) is 0 Å². The number of rotatable bonds is 5. The molecule has 0 bridgehead atoms. The lowest BCUT2D eigenvalue weighted by atomic mass is 10.1. The Morgan fingerprint density at radius 3 is 2.50 bits per heavy atom. The molecular formula is C24H22N2O5S. The Balaban J connectivity index is 1.70. The molecule has 1 aliphatic rings. The monoisotopic (exact) mass is 450 g/mol. The molecule has 8 heteroatoms. The minimum Gasteiger partial charge on any atom is -0.466 e. The van der Waals surface area contributed by atoms with Crippen molar-refractivity contribution in [3.05, 3.63) is 70.7 Å². The van der Waals surface area contributed by atoms with E-state index >= 15 is 0 Å². The lowest BCUT2D eigenvalue weighted by Crippen LogP contribution is -2.38. The highest BCUT2D eigenvalue weighted by Gasteiger charge is 2.32. The first-order valence-corrected chi connectivity index (χ1v) is 10.8. The van der Waals surface area contributed by atoms with Crippen LogP contribution in [0.25, 0.3) is 21.8 Å². The van der Waals surface area contributed by atoms with Crippen LogP contribution in [0.3, 0.4) is 0 Å². The summed E-state index contributed by atoms with van der Waals surface area (Å²) in [6.45, 7) is 2.12. The number of hydrogen-bond acceptors (Lipinski definition) is 8. The van der Waals surface area contributed by atoms with Gasteiger partial charge < -0.3 is 19.1 Å². The third-order valence-corrected chi connectivity index (χ3v) is 5.98. The van der Waals surface area contributed by atoms with Gasteiger partial charge in [0.15, 0.2) is 0 Å². The van der Waals surface area contributed by atoms with Gasteiger partial charge in [0.1, 0.15) is 17.4 Å². The summed E-state index contributed by atoms with van der Waals surface area (Å²) in [7, 11) is 2.54. The lowest BCUT2D eigenvalue weighted by Gasteiger charge is -2.31. The Morgan fingerprint density at radius 1 is 1.03 bits per heavy atom. The van der Waals surface area contributed by atoms with E-state index in [0.29, 0.717) is 5.69 Å². The molecule has 32 heavy (non-hydrogen) atoms. The summed E-state index contributed by atoms with van der Waals surface area (Å²) in [4.78, 5) is 31.1. The second-order valence-corrected chi connectivity index (χ2v) is 8.03. The molecule has 1 aliphatic heterocycles. The third-order valence-electron chi connectivity index (χ3n) is 5.09. The fourth-order valence-electron chi connectivity index (χ4n) is 3.42. The number of methoxy groups -OCH3 is 2. The van der Waals surface area contributed by atoms with Crippen molar-refractivity contribution in [2.24, 2.45) is 0 Å². The number of hydrogen-bond donors (Lipinski definition) is 0. The van der Waals surface area contributed by atoms with E-state index in [0.717, 1.165) is 21.8 Å². The molecular weight excluding hydrogens is 428 g/mol. The molecule has 0 saturated carbocycles. The number of thiazole rings is 1. The largest absolute Gasteiger partial charge is 0.466 e. The van der Waals surface area contributed by atoms with E-state index in [2.05, 4.69) is 31.2 Å². The third kappa shape index (κ3) is 4.28. The molecule has 0 spiro atoms. The summed E-state index contributed by atoms with van der Waals surface area (Å²) in [6.07, 6.45) is 0. The van der Waals surface area contributed by atoms with Crippen LogP contribution in [0.4, 0.5) is 5.69 Å². The first kappa shape index (κ1) is 21.7. The van der Waals surface area contributed by atoms with Crippen molar-refractivity contribution in [3.63, 3.8) is 0 Å². The van der Waals surface area contributed by atoms with Crippen LogP contribution in [0.1, 0.15) is 5.56 Å². The molecule has 0 saturated heterocycles. The average molecular weight is 451 g/mol. The second-order valence-electron chi connectivity index (χ2n) is 7.17. The van der Waals surface area contributed by atoms with Gasteiger partial charge in [0.25, 0.3) is 0 Å². The number of aryl methyl sites for hydroxylation is 1. The number of carbonyl (C=O) groups is 2. The van der Waals surface area contributed by atoms with Crippen LogP contribution in [0, 0.1) is 6.92 Å². The number of esters is 2. The first-order chi connectivity index (χ1) is 15.5. The number of anilines is 1. The predicted octanol–water partition coefficient (Wildman–Crippen LogP) is 4.18. The predicted molar refractivity (Wildman–Crippen MR) is 122 cm³/mol. The van der Waals surface area contributed by atoms with Crippen molar-refractivity contribution in [1.82, 2.24) is 4.98 Å². The van der Waals surface area contributed by atoms with Gasteiger partial charge in [-0.15, -0.1) is 11.3 Å². The molecule has 164 valence electrons. The van der Waals surface area contributed by atoms with Crippen LogP contribution in [0.5, 0.6) is 0 Å². The zero-order valence-corrected chi connectivity index (χ0v) is 18.8. The highest BCUT2D eigenvalue weighted by molar-refractivity contribution is 7.13. The van der Waals surface area contributed by atoms with E-state index in [1.807, 2.05) is 29.6 Å². The van der Waals surface area contributed by atoms with Gasteiger partial charge in [0.2, 0.25) is 0 Å². The zero-order valence-electron chi connectivity index (χ0n) is 18.0. The first-order valence-electron chi connectivity index (χ1n) is 9.90. The maximum Gasteiger partial charge on any atom is 0.355 e. The summed E-state index contributed by atoms with van der Waals surface area (Å²) < 4.78 is 15.3. The van der Waals surface area contributed by atoms with E-state index in [1.54, 1.807) is 4.90 Å². The number of ether oxygens (including phenoxy) is 3. The van der Waals surface area contributed by atoms with Gasteiger partial charge in [-0.2, -0.15) is 0 Å². The maximum absolute atomic E-state index is 12.5. The lowest BCUT2D eigenvalue weighted by molar-refractivity contribution is -0.140. The number of carbonyl (C=O) groups excluding carboxylic acids is 2. The van der Waals surface area contributed by atoms with Gasteiger partial charge in [-0.3, -0.25) is 0 Å². The van der Waals surface area contributed by atoms with Crippen molar-refractivity contribution in [3.8, 4) is 21.8 Å². The van der Waals surface area contributed by atoms with E-state index in [4.69, 9.17) is 19.2 Å². The Hall–Kier alpha value is -3.49. The summed E-state index contributed by atoms with van der Waals surface area (Å²) in [5.74, 6) is -1.26. The Bertz CT molecular complexity index is 1180. The zero-order chi connectivity index (χ0) is 22.7. The van der Waals surface area contributed by atoms with E-state index < -0.39 is 11.9 Å². The minimum absolute atomic E-state index is 0.0281. The van der Waals surface area contributed by atoms with Crippen LogP contribution >= 0.6 is 11.3 Å². The van der Waals surface area contributed by atoms with Crippen LogP contribution in [-0.2, 0) is 23.8 Å². The number of benzene rings is 2. The molecule has 0 fully saturated rings. The topological polar surface area (TPSA) is 78.0 Å². The summed E-state index contributed by atoms with van der Waals surface area (Å²) in [5, 5.41) is 2.86. The number of aromatic nitrogens is 1. The van der Waals surface area contributed by atoms with Crippen molar-refractivity contribution in [2.75, 3.05) is 32.5 Å². The molecule has 2 heterocycles. The SMILES string of the molecule is COC(=O)C1=C(C(=O)OC)N(c2cccc(-c3nc(-c4ccc(C)cc4)cs3)c2)COC1. The van der Waals surface area contributed by atoms with Crippen LogP contribution in [0.15, 0.2) is 65.2 Å². The van der Waals surface area contributed by atoms with E-state index in [9.17, 15) is 9.59 Å². The molecule has 0 atom stereocenters. The molecule has 0 amide bonds. The average Bonchev–Trinajstić information content (AvgIpc) is 3.33. The molecule has 3 aromatic rings.